The van der Waals surface area contributed by atoms with E-state index in [9.17, 15) is 20.1 Å². The molecule has 0 aliphatic carbocycles. The van der Waals surface area contributed by atoms with Gasteiger partial charge in [0.05, 0.1) is 18.6 Å². The molecule has 88 valence electrons. The number of carboxylic acid groups (broad SMARTS) is 1. The molecule has 0 aromatic heterocycles. The van der Waals surface area contributed by atoms with Gasteiger partial charge in [0.15, 0.2) is 0 Å². The molecule has 2 unspecified atom stereocenters. The molecule has 0 amide bonds. The third-order valence-corrected chi connectivity index (χ3v) is 2.40. The molecule has 0 saturated carbocycles. The molecule has 1 rings (SSSR count). The number of carboxylic acids is 1. The van der Waals surface area contributed by atoms with Crippen LogP contribution >= 0.6 is 0 Å². The molecule has 7 heteroatoms. The first kappa shape index (κ1) is 12.3. The Morgan fingerprint density at radius 1 is 1.40 bits per heavy atom. The van der Waals surface area contributed by atoms with Crippen LogP contribution < -0.4 is 5.73 Å². The lowest BCUT2D eigenvalue weighted by Gasteiger charge is -2.19. The van der Waals surface area contributed by atoms with E-state index in [2.05, 4.69) is 0 Å². The Morgan fingerprint density at radius 2 is 2.00 bits per heavy atom. The number of ether oxygens (including phenoxy) is 1. The highest BCUT2D eigenvalue weighted by atomic mass is 16.6. The topological polar surface area (TPSA) is 133 Å². The molecule has 7 nitrogen and oxygen atoms in total. The normalized spacial score (nSPS) is 37.9. The first-order chi connectivity index (χ1) is 6.97. The minimum Gasteiger partial charge on any atom is -0.481 e. The van der Waals surface area contributed by atoms with E-state index >= 15 is 0 Å². The number of hydrogen-bond acceptors (Lipinski definition) is 6. The second-order valence-electron chi connectivity index (χ2n) is 3.52. The van der Waals surface area contributed by atoms with E-state index < -0.39 is 42.9 Å². The van der Waals surface area contributed by atoms with Crippen molar-refractivity contribution in [1.82, 2.24) is 0 Å². The Morgan fingerprint density at radius 3 is 2.47 bits per heavy atom. The first-order valence-electron chi connectivity index (χ1n) is 4.59. The zero-order valence-electron chi connectivity index (χ0n) is 7.98. The fraction of sp³-hybridized carbons (Fsp3) is 0.875. The van der Waals surface area contributed by atoms with Crippen LogP contribution in [0.3, 0.4) is 0 Å². The molecule has 1 aliphatic heterocycles. The molecule has 0 spiro atoms. The largest absolute Gasteiger partial charge is 0.481 e. The number of aliphatic hydroxyl groups excluding tert-OH is 3. The van der Waals surface area contributed by atoms with Gasteiger partial charge in [-0.1, -0.05) is 0 Å². The number of carbonyl (C=O) groups is 1. The van der Waals surface area contributed by atoms with Gasteiger partial charge < -0.3 is 30.9 Å². The predicted octanol–water partition coefficient (Wildman–Crippen LogP) is -2.73. The summed E-state index contributed by atoms with van der Waals surface area (Å²) >= 11 is 0. The lowest BCUT2D eigenvalue weighted by molar-refractivity contribution is -0.142. The molecule has 1 heterocycles. The number of aliphatic carboxylic acids is 1. The van der Waals surface area contributed by atoms with Crippen molar-refractivity contribution in [1.29, 1.82) is 0 Å². The van der Waals surface area contributed by atoms with Crippen LogP contribution in [0.4, 0.5) is 0 Å². The van der Waals surface area contributed by atoms with Crippen LogP contribution in [0.5, 0.6) is 0 Å². The van der Waals surface area contributed by atoms with E-state index in [1.54, 1.807) is 0 Å². The minimum atomic E-state index is -1.31. The summed E-state index contributed by atoms with van der Waals surface area (Å²) in [6.07, 6.45) is -6.21. The lowest BCUT2D eigenvalue weighted by atomic mass is 10.0. The summed E-state index contributed by atoms with van der Waals surface area (Å²) in [5, 5.41) is 36.7. The van der Waals surface area contributed by atoms with Gasteiger partial charge in [0.2, 0.25) is 0 Å². The number of rotatable bonds is 4. The van der Waals surface area contributed by atoms with E-state index in [0.29, 0.717) is 0 Å². The molecule has 0 aromatic carbocycles. The zero-order chi connectivity index (χ0) is 11.6. The van der Waals surface area contributed by atoms with Gasteiger partial charge in [-0.25, -0.2) is 0 Å². The van der Waals surface area contributed by atoms with Gasteiger partial charge in [0.25, 0.3) is 0 Å². The summed E-state index contributed by atoms with van der Waals surface area (Å²) in [6.45, 7) is -0.131. The van der Waals surface area contributed by atoms with Crippen LogP contribution in [0.1, 0.15) is 6.42 Å². The van der Waals surface area contributed by atoms with Gasteiger partial charge in [-0.3, -0.25) is 4.79 Å². The van der Waals surface area contributed by atoms with E-state index in [0.717, 1.165) is 0 Å². The van der Waals surface area contributed by atoms with Crippen molar-refractivity contribution < 1.29 is 30.0 Å². The van der Waals surface area contributed by atoms with Crippen LogP contribution in [0.25, 0.3) is 0 Å². The van der Waals surface area contributed by atoms with Crippen molar-refractivity contribution in [2.45, 2.75) is 36.9 Å². The molecule has 1 saturated heterocycles. The molecule has 1 fully saturated rings. The second kappa shape index (κ2) is 4.86. The Hall–Kier alpha value is -0.730. The highest BCUT2D eigenvalue weighted by molar-refractivity contribution is 5.67. The monoisotopic (exact) mass is 221 g/mol. The van der Waals surface area contributed by atoms with E-state index in [1.165, 1.54) is 0 Å². The number of aliphatic hydroxyl groups is 3. The molecular formula is C8H15NO6. The van der Waals surface area contributed by atoms with Crippen LogP contribution in [-0.4, -0.2) is 63.5 Å². The third kappa shape index (κ3) is 2.64. The summed E-state index contributed by atoms with van der Waals surface area (Å²) in [5.41, 5.74) is 5.17. The molecule has 0 aromatic rings. The van der Waals surface area contributed by atoms with E-state index in [1.807, 2.05) is 0 Å². The zero-order valence-corrected chi connectivity index (χ0v) is 7.98. The highest BCUT2D eigenvalue weighted by Crippen LogP contribution is 2.25. The van der Waals surface area contributed by atoms with Gasteiger partial charge >= 0.3 is 5.97 Å². The summed E-state index contributed by atoms with van der Waals surface area (Å²) in [5.74, 6) is -1.14. The van der Waals surface area contributed by atoms with Crippen molar-refractivity contribution >= 4 is 5.97 Å². The van der Waals surface area contributed by atoms with Crippen molar-refractivity contribution in [2.75, 3.05) is 6.54 Å². The van der Waals surface area contributed by atoms with Crippen LogP contribution in [0, 0.1) is 0 Å². The van der Waals surface area contributed by atoms with E-state index in [4.69, 9.17) is 15.6 Å². The maximum atomic E-state index is 10.4. The summed E-state index contributed by atoms with van der Waals surface area (Å²) in [7, 11) is 0. The summed E-state index contributed by atoms with van der Waals surface area (Å²) in [6, 6.07) is 0. The van der Waals surface area contributed by atoms with Gasteiger partial charge in [-0.2, -0.15) is 0 Å². The van der Waals surface area contributed by atoms with Crippen LogP contribution in [0.15, 0.2) is 0 Å². The maximum Gasteiger partial charge on any atom is 0.306 e. The standard InChI is InChI=1S/C8H15NO6/c9-2-3(10)8-7(14)6(13)4(15-8)1-5(11)12/h3-4,6-8,10,13-14H,1-2,9H2,(H,11,12)/t3-,4?,6+,7+,8?/m0/s1. The molecule has 5 atom stereocenters. The van der Waals surface area contributed by atoms with Gasteiger partial charge in [0, 0.05) is 6.54 Å². The fourth-order valence-electron chi connectivity index (χ4n) is 1.57. The summed E-state index contributed by atoms with van der Waals surface area (Å²) in [4.78, 5) is 10.4. The average molecular weight is 221 g/mol. The van der Waals surface area contributed by atoms with Crippen molar-refractivity contribution in [2.24, 2.45) is 5.73 Å². The minimum absolute atomic E-state index is 0.131. The van der Waals surface area contributed by atoms with E-state index in [-0.39, 0.29) is 6.54 Å². The van der Waals surface area contributed by atoms with Gasteiger partial charge in [-0.15, -0.1) is 0 Å². The lowest BCUT2D eigenvalue weighted by Crippen LogP contribution is -2.42. The van der Waals surface area contributed by atoms with Crippen molar-refractivity contribution in [3.05, 3.63) is 0 Å². The molecule has 0 radical (unpaired) electrons. The highest BCUT2D eigenvalue weighted by Gasteiger charge is 2.46. The molecule has 15 heavy (non-hydrogen) atoms. The van der Waals surface area contributed by atoms with Crippen LogP contribution in [0.2, 0.25) is 0 Å². The number of hydrogen-bond donors (Lipinski definition) is 5. The smallest absolute Gasteiger partial charge is 0.306 e. The fourth-order valence-corrected chi connectivity index (χ4v) is 1.57. The quantitative estimate of drug-likeness (QED) is 0.348. The maximum absolute atomic E-state index is 10.4. The van der Waals surface area contributed by atoms with Crippen LogP contribution in [-0.2, 0) is 9.53 Å². The Kier molecular flexibility index (Phi) is 4.00. The third-order valence-electron chi connectivity index (χ3n) is 2.40. The number of nitrogens with two attached hydrogens (primary N) is 1. The molecule has 0 bridgehead atoms. The Bertz CT molecular complexity index is 235. The summed E-state index contributed by atoms with van der Waals surface area (Å²) < 4.78 is 5.04. The Labute approximate surface area is 86.1 Å². The van der Waals surface area contributed by atoms with Crippen molar-refractivity contribution in [3.63, 3.8) is 0 Å². The molecule has 1 aliphatic rings. The second-order valence-corrected chi connectivity index (χ2v) is 3.52. The molecular weight excluding hydrogens is 206 g/mol. The average Bonchev–Trinajstić information content (AvgIpc) is 2.44. The molecule has 6 N–H and O–H groups in total. The predicted molar refractivity (Wildman–Crippen MR) is 48.0 cm³/mol. The van der Waals surface area contributed by atoms with Crippen molar-refractivity contribution in [3.8, 4) is 0 Å². The SMILES string of the molecule is NC[C@H](O)C1OC(CC(=O)O)[C@@H](O)[C@H]1O. The van der Waals surface area contributed by atoms with Gasteiger partial charge in [-0.05, 0) is 0 Å². The first-order valence-corrected chi connectivity index (χ1v) is 4.59. The van der Waals surface area contributed by atoms with Gasteiger partial charge in [0.1, 0.15) is 18.3 Å². The Balaban J connectivity index is 2.62.